The summed E-state index contributed by atoms with van der Waals surface area (Å²) in [6, 6.07) is 8.76. The third-order valence-electron chi connectivity index (χ3n) is 4.54. The van der Waals surface area contributed by atoms with Crippen LogP contribution < -0.4 is 5.32 Å². The standard InChI is InChI=1S/C19H16ClF3N4/c20-14-8-7-12(19(21,22)23)11-16(14)27-18-13(5-1-3-10-25-18)17(26-27)15-6-2-4-9-24-15/h2,4,6-9,11,25H,1,3,5,10H2. The molecule has 140 valence electrons. The Hall–Kier alpha value is -2.54. The molecule has 0 amide bonds. The third-order valence-corrected chi connectivity index (χ3v) is 4.86. The number of hydrogen-bond donors (Lipinski definition) is 1. The van der Waals surface area contributed by atoms with Gasteiger partial charge in [0.25, 0.3) is 0 Å². The predicted octanol–water partition coefficient (Wildman–Crippen LogP) is 5.35. The fourth-order valence-corrected chi connectivity index (χ4v) is 3.43. The molecule has 0 bridgehead atoms. The Morgan fingerprint density at radius 2 is 1.96 bits per heavy atom. The summed E-state index contributed by atoms with van der Waals surface area (Å²) in [5.74, 6) is 0.675. The number of anilines is 1. The molecule has 3 heterocycles. The number of pyridine rings is 1. The van der Waals surface area contributed by atoms with E-state index in [4.69, 9.17) is 11.6 Å². The molecule has 0 radical (unpaired) electrons. The SMILES string of the molecule is FC(F)(F)c1ccc(Cl)c(-n2nc(-c3ccccn3)c3c2NCCCC3)c1. The van der Waals surface area contributed by atoms with Gasteiger partial charge in [0.2, 0.25) is 0 Å². The lowest BCUT2D eigenvalue weighted by molar-refractivity contribution is -0.137. The van der Waals surface area contributed by atoms with E-state index >= 15 is 0 Å². The quantitative estimate of drug-likeness (QED) is 0.638. The van der Waals surface area contributed by atoms with Gasteiger partial charge in [-0.05, 0) is 49.6 Å². The van der Waals surface area contributed by atoms with E-state index in [0.717, 1.165) is 43.5 Å². The summed E-state index contributed by atoms with van der Waals surface area (Å²) in [6.45, 7) is 0.719. The average molecular weight is 393 g/mol. The van der Waals surface area contributed by atoms with Gasteiger partial charge >= 0.3 is 6.18 Å². The highest BCUT2D eigenvalue weighted by Gasteiger charge is 2.32. The number of hydrogen-bond acceptors (Lipinski definition) is 3. The molecule has 1 aliphatic heterocycles. The maximum Gasteiger partial charge on any atom is 0.416 e. The normalized spacial score (nSPS) is 14.4. The van der Waals surface area contributed by atoms with Crippen LogP contribution in [0, 0.1) is 0 Å². The zero-order valence-corrected chi connectivity index (χ0v) is 15.0. The molecule has 0 saturated carbocycles. The maximum atomic E-state index is 13.2. The Morgan fingerprint density at radius 1 is 1.11 bits per heavy atom. The van der Waals surface area contributed by atoms with E-state index in [1.54, 1.807) is 12.3 Å². The molecule has 2 aromatic heterocycles. The molecule has 1 aliphatic rings. The second kappa shape index (κ2) is 6.88. The van der Waals surface area contributed by atoms with Crippen LogP contribution in [0.3, 0.4) is 0 Å². The van der Waals surface area contributed by atoms with Crippen molar-refractivity contribution < 1.29 is 13.2 Å². The number of rotatable bonds is 2. The van der Waals surface area contributed by atoms with Crippen LogP contribution in [-0.2, 0) is 12.6 Å². The van der Waals surface area contributed by atoms with Crippen LogP contribution >= 0.6 is 11.6 Å². The number of alkyl halides is 3. The van der Waals surface area contributed by atoms with Crippen molar-refractivity contribution in [3.63, 3.8) is 0 Å². The van der Waals surface area contributed by atoms with Gasteiger partial charge in [-0.15, -0.1) is 0 Å². The van der Waals surface area contributed by atoms with Crippen molar-refractivity contribution in [3.05, 3.63) is 58.7 Å². The molecular formula is C19H16ClF3N4. The zero-order valence-electron chi connectivity index (χ0n) is 14.2. The van der Waals surface area contributed by atoms with Crippen LogP contribution in [-0.4, -0.2) is 21.3 Å². The highest BCUT2D eigenvalue weighted by atomic mass is 35.5. The number of benzene rings is 1. The van der Waals surface area contributed by atoms with Gasteiger partial charge in [-0.2, -0.15) is 18.3 Å². The molecule has 27 heavy (non-hydrogen) atoms. The fraction of sp³-hybridized carbons (Fsp3) is 0.263. The highest BCUT2D eigenvalue weighted by Crippen LogP contribution is 2.37. The van der Waals surface area contributed by atoms with Crippen molar-refractivity contribution in [2.45, 2.75) is 25.4 Å². The largest absolute Gasteiger partial charge is 0.416 e. The van der Waals surface area contributed by atoms with Crippen molar-refractivity contribution in [2.75, 3.05) is 11.9 Å². The molecule has 0 unspecified atom stereocenters. The lowest BCUT2D eigenvalue weighted by Crippen LogP contribution is -2.10. The Morgan fingerprint density at radius 3 is 2.70 bits per heavy atom. The van der Waals surface area contributed by atoms with Gasteiger partial charge in [0.15, 0.2) is 0 Å². The van der Waals surface area contributed by atoms with E-state index in [1.807, 2.05) is 12.1 Å². The molecular weight excluding hydrogens is 377 g/mol. The van der Waals surface area contributed by atoms with Crippen LogP contribution in [0.15, 0.2) is 42.6 Å². The first-order valence-electron chi connectivity index (χ1n) is 8.59. The minimum absolute atomic E-state index is 0.194. The molecule has 8 heteroatoms. The van der Waals surface area contributed by atoms with E-state index in [-0.39, 0.29) is 10.7 Å². The van der Waals surface area contributed by atoms with Crippen molar-refractivity contribution in [3.8, 4) is 17.1 Å². The van der Waals surface area contributed by atoms with Crippen molar-refractivity contribution in [1.29, 1.82) is 0 Å². The summed E-state index contributed by atoms with van der Waals surface area (Å²) >= 11 is 6.25. The zero-order chi connectivity index (χ0) is 19.0. The van der Waals surface area contributed by atoms with Crippen LogP contribution in [0.1, 0.15) is 24.0 Å². The van der Waals surface area contributed by atoms with Crippen molar-refractivity contribution in [2.24, 2.45) is 0 Å². The summed E-state index contributed by atoms with van der Waals surface area (Å²) in [4.78, 5) is 4.36. The van der Waals surface area contributed by atoms with E-state index in [9.17, 15) is 13.2 Å². The molecule has 0 fully saturated rings. The van der Waals surface area contributed by atoms with Crippen molar-refractivity contribution in [1.82, 2.24) is 14.8 Å². The van der Waals surface area contributed by atoms with Gasteiger partial charge in [0.05, 0.1) is 22.0 Å². The third kappa shape index (κ3) is 3.39. The lowest BCUT2D eigenvalue weighted by atomic mass is 10.1. The second-order valence-corrected chi connectivity index (χ2v) is 6.76. The van der Waals surface area contributed by atoms with E-state index in [0.29, 0.717) is 17.2 Å². The number of nitrogens with zero attached hydrogens (tertiary/aromatic N) is 3. The van der Waals surface area contributed by atoms with Crippen LogP contribution in [0.5, 0.6) is 0 Å². The topological polar surface area (TPSA) is 42.7 Å². The molecule has 1 N–H and O–H groups in total. The lowest BCUT2D eigenvalue weighted by Gasteiger charge is -2.13. The maximum absolute atomic E-state index is 13.2. The first-order valence-corrected chi connectivity index (χ1v) is 8.97. The summed E-state index contributed by atoms with van der Waals surface area (Å²) in [6.07, 6.45) is -0.0951. The number of aromatic nitrogens is 3. The van der Waals surface area contributed by atoms with Gasteiger partial charge in [-0.25, -0.2) is 4.68 Å². The molecule has 4 rings (SSSR count). The van der Waals surface area contributed by atoms with E-state index < -0.39 is 11.7 Å². The summed E-state index contributed by atoms with van der Waals surface area (Å²) in [5.41, 5.74) is 1.71. The van der Waals surface area contributed by atoms with Gasteiger partial charge in [0.1, 0.15) is 11.5 Å². The molecule has 3 aromatic rings. The Kier molecular flexibility index (Phi) is 4.55. The minimum atomic E-state index is -4.46. The summed E-state index contributed by atoms with van der Waals surface area (Å²) in [5, 5.41) is 8.10. The Balaban J connectivity index is 1.93. The smallest absolute Gasteiger partial charge is 0.370 e. The monoisotopic (exact) mass is 392 g/mol. The van der Waals surface area contributed by atoms with Gasteiger partial charge in [0, 0.05) is 18.3 Å². The molecule has 1 aromatic carbocycles. The van der Waals surface area contributed by atoms with Gasteiger partial charge < -0.3 is 5.32 Å². The van der Waals surface area contributed by atoms with Crippen molar-refractivity contribution >= 4 is 17.4 Å². The Bertz CT molecular complexity index is 967. The van der Waals surface area contributed by atoms with Crippen LogP contribution in [0.25, 0.3) is 17.1 Å². The van der Waals surface area contributed by atoms with Gasteiger partial charge in [-0.3, -0.25) is 4.98 Å². The minimum Gasteiger partial charge on any atom is -0.370 e. The average Bonchev–Trinajstić information content (AvgIpc) is 2.83. The molecule has 0 saturated heterocycles. The van der Waals surface area contributed by atoms with Gasteiger partial charge in [-0.1, -0.05) is 17.7 Å². The first-order chi connectivity index (χ1) is 12.9. The second-order valence-electron chi connectivity index (χ2n) is 6.35. The van der Waals surface area contributed by atoms with E-state index in [2.05, 4.69) is 15.4 Å². The number of halogens is 4. The number of nitrogens with one attached hydrogen (secondary N) is 1. The van der Waals surface area contributed by atoms with E-state index in [1.165, 1.54) is 10.7 Å². The fourth-order valence-electron chi connectivity index (χ4n) is 3.24. The number of fused-ring (bicyclic) bond motifs is 1. The molecule has 4 nitrogen and oxygen atoms in total. The summed E-state index contributed by atoms with van der Waals surface area (Å²) in [7, 11) is 0. The molecule has 0 aliphatic carbocycles. The van der Waals surface area contributed by atoms with Crippen LogP contribution in [0.2, 0.25) is 5.02 Å². The summed E-state index contributed by atoms with van der Waals surface area (Å²) < 4.78 is 41.0. The first kappa shape index (κ1) is 17.9. The van der Waals surface area contributed by atoms with Crippen LogP contribution in [0.4, 0.5) is 19.0 Å². The molecule has 0 atom stereocenters. The highest BCUT2D eigenvalue weighted by molar-refractivity contribution is 6.32. The Labute approximate surface area is 159 Å². The molecule has 0 spiro atoms. The predicted molar refractivity (Wildman–Crippen MR) is 98.2 cm³/mol.